The molecule has 0 aromatic heterocycles. The number of hydrogen-bond donors (Lipinski definition) is 1. The molecule has 2 rings (SSSR count). The van der Waals surface area contributed by atoms with E-state index in [1.165, 1.54) is 7.11 Å². The number of sulfonamides is 1. The highest BCUT2D eigenvalue weighted by molar-refractivity contribution is 7.92. The molecular weight excluding hydrogens is 286 g/mol. The lowest BCUT2D eigenvalue weighted by molar-refractivity contribution is 0.417. The summed E-state index contributed by atoms with van der Waals surface area (Å²) in [6, 6.07) is 13.9. The Labute approximate surface area is 125 Å². The third-order valence-corrected chi connectivity index (χ3v) is 4.51. The largest absolute Gasteiger partial charge is 0.495 e. The number of anilines is 1. The minimum absolute atomic E-state index is 0.244. The van der Waals surface area contributed by atoms with Crippen molar-refractivity contribution < 1.29 is 13.2 Å². The lowest BCUT2D eigenvalue weighted by Crippen LogP contribution is -2.13. The molecule has 2 aromatic carbocycles. The SMILES string of the molecule is CCCc1ccc(S(=O)(=O)Nc2ccccc2OC)cc1. The van der Waals surface area contributed by atoms with Crippen molar-refractivity contribution in [3.05, 3.63) is 54.1 Å². The monoisotopic (exact) mass is 305 g/mol. The average molecular weight is 305 g/mol. The van der Waals surface area contributed by atoms with E-state index in [2.05, 4.69) is 11.6 Å². The molecule has 0 aliphatic carbocycles. The Bertz CT molecular complexity index is 694. The molecule has 0 unspecified atom stereocenters. The van der Waals surface area contributed by atoms with Crippen molar-refractivity contribution in [1.82, 2.24) is 0 Å². The molecule has 5 heteroatoms. The van der Waals surface area contributed by atoms with Gasteiger partial charge in [0.25, 0.3) is 10.0 Å². The standard InChI is InChI=1S/C16H19NO3S/c1-3-6-13-9-11-14(12-10-13)21(18,19)17-15-7-4-5-8-16(15)20-2/h4-5,7-12,17H,3,6H2,1-2H3. The van der Waals surface area contributed by atoms with Crippen molar-refractivity contribution in [2.75, 3.05) is 11.8 Å². The van der Waals surface area contributed by atoms with Gasteiger partial charge in [-0.2, -0.15) is 0 Å². The van der Waals surface area contributed by atoms with Crippen LogP contribution >= 0.6 is 0 Å². The first-order valence-corrected chi connectivity index (χ1v) is 8.30. The summed E-state index contributed by atoms with van der Waals surface area (Å²) in [5.41, 5.74) is 1.56. The molecule has 0 atom stereocenters. The molecule has 0 spiro atoms. The van der Waals surface area contributed by atoms with Crippen molar-refractivity contribution in [1.29, 1.82) is 0 Å². The highest BCUT2D eigenvalue weighted by Crippen LogP contribution is 2.26. The van der Waals surface area contributed by atoms with Gasteiger partial charge in [-0.05, 0) is 36.2 Å². The summed E-state index contributed by atoms with van der Waals surface area (Å²) >= 11 is 0. The van der Waals surface area contributed by atoms with Gasteiger partial charge in [0.1, 0.15) is 5.75 Å². The van der Waals surface area contributed by atoms with Gasteiger partial charge in [-0.3, -0.25) is 4.72 Å². The minimum Gasteiger partial charge on any atom is -0.495 e. The van der Waals surface area contributed by atoms with Crippen molar-refractivity contribution in [3.8, 4) is 5.75 Å². The van der Waals surface area contributed by atoms with Gasteiger partial charge in [0, 0.05) is 0 Å². The predicted molar refractivity (Wildman–Crippen MR) is 84.2 cm³/mol. The number of nitrogens with one attached hydrogen (secondary N) is 1. The van der Waals surface area contributed by atoms with E-state index >= 15 is 0 Å². The van der Waals surface area contributed by atoms with Crippen molar-refractivity contribution in [2.45, 2.75) is 24.7 Å². The van der Waals surface area contributed by atoms with Crippen LogP contribution in [0.3, 0.4) is 0 Å². The zero-order valence-electron chi connectivity index (χ0n) is 12.2. The van der Waals surface area contributed by atoms with Gasteiger partial charge in [0.2, 0.25) is 0 Å². The van der Waals surface area contributed by atoms with Crippen LogP contribution in [-0.2, 0) is 16.4 Å². The zero-order valence-corrected chi connectivity index (χ0v) is 13.0. The van der Waals surface area contributed by atoms with E-state index in [1.54, 1.807) is 36.4 Å². The molecule has 0 radical (unpaired) electrons. The fourth-order valence-corrected chi connectivity index (χ4v) is 3.13. The van der Waals surface area contributed by atoms with E-state index in [-0.39, 0.29) is 4.90 Å². The van der Waals surface area contributed by atoms with Gasteiger partial charge in [0.05, 0.1) is 17.7 Å². The van der Waals surface area contributed by atoms with Crippen LogP contribution in [0, 0.1) is 0 Å². The van der Waals surface area contributed by atoms with Crippen molar-refractivity contribution in [2.24, 2.45) is 0 Å². The van der Waals surface area contributed by atoms with E-state index in [0.717, 1.165) is 18.4 Å². The van der Waals surface area contributed by atoms with Crippen LogP contribution in [0.5, 0.6) is 5.75 Å². The second kappa shape index (κ2) is 6.63. The molecule has 0 saturated heterocycles. The van der Waals surface area contributed by atoms with Crippen molar-refractivity contribution >= 4 is 15.7 Å². The van der Waals surface area contributed by atoms with Crippen LogP contribution < -0.4 is 9.46 Å². The molecule has 0 aliphatic heterocycles. The van der Waals surface area contributed by atoms with E-state index < -0.39 is 10.0 Å². The Morgan fingerprint density at radius 1 is 1.05 bits per heavy atom. The lowest BCUT2D eigenvalue weighted by Gasteiger charge is -2.11. The first-order chi connectivity index (χ1) is 10.1. The molecule has 1 N–H and O–H groups in total. The molecule has 0 aliphatic rings. The number of benzene rings is 2. The smallest absolute Gasteiger partial charge is 0.262 e. The molecule has 0 heterocycles. The molecule has 112 valence electrons. The normalized spacial score (nSPS) is 11.1. The number of rotatable bonds is 6. The molecule has 4 nitrogen and oxygen atoms in total. The van der Waals surface area contributed by atoms with Gasteiger partial charge in [-0.1, -0.05) is 37.6 Å². The first kappa shape index (κ1) is 15.4. The molecule has 0 fully saturated rings. The lowest BCUT2D eigenvalue weighted by atomic mass is 10.1. The molecule has 0 saturated carbocycles. The Kier molecular flexibility index (Phi) is 4.85. The maximum absolute atomic E-state index is 12.4. The number of aryl methyl sites for hydroxylation is 1. The van der Waals surface area contributed by atoms with E-state index in [0.29, 0.717) is 11.4 Å². The van der Waals surface area contributed by atoms with Crippen LogP contribution in [0.15, 0.2) is 53.4 Å². The maximum atomic E-state index is 12.4. The van der Waals surface area contributed by atoms with E-state index in [4.69, 9.17) is 4.74 Å². The summed E-state index contributed by atoms with van der Waals surface area (Å²) in [5, 5.41) is 0. The summed E-state index contributed by atoms with van der Waals surface area (Å²) in [6.45, 7) is 2.09. The Balaban J connectivity index is 2.25. The van der Waals surface area contributed by atoms with Gasteiger partial charge in [-0.25, -0.2) is 8.42 Å². The van der Waals surface area contributed by atoms with Gasteiger partial charge in [0.15, 0.2) is 0 Å². The van der Waals surface area contributed by atoms with Gasteiger partial charge < -0.3 is 4.74 Å². The number of ether oxygens (including phenoxy) is 1. The van der Waals surface area contributed by atoms with Crippen LogP contribution in [0.25, 0.3) is 0 Å². The van der Waals surface area contributed by atoms with Gasteiger partial charge in [-0.15, -0.1) is 0 Å². The summed E-state index contributed by atoms with van der Waals surface area (Å²) in [5.74, 6) is 0.490. The van der Waals surface area contributed by atoms with Crippen LogP contribution in [0.1, 0.15) is 18.9 Å². The molecule has 2 aromatic rings. The van der Waals surface area contributed by atoms with Crippen LogP contribution in [0.2, 0.25) is 0 Å². The molecule has 21 heavy (non-hydrogen) atoms. The topological polar surface area (TPSA) is 55.4 Å². The summed E-state index contributed by atoms with van der Waals surface area (Å²) in [7, 11) is -2.10. The molecular formula is C16H19NO3S. The number of methoxy groups -OCH3 is 1. The quantitative estimate of drug-likeness (QED) is 0.889. The highest BCUT2D eigenvalue weighted by atomic mass is 32.2. The molecule has 0 bridgehead atoms. The average Bonchev–Trinajstić information content (AvgIpc) is 2.48. The summed E-state index contributed by atoms with van der Waals surface area (Å²) in [4.78, 5) is 0.244. The molecule has 0 amide bonds. The third-order valence-electron chi connectivity index (χ3n) is 3.12. The first-order valence-electron chi connectivity index (χ1n) is 6.81. The zero-order chi connectivity index (χ0) is 15.3. The van der Waals surface area contributed by atoms with Crippen LogP contribution in [0.4, 0.5) is 5.69 Å². The Morgan fingerprint density at radius 2 is 1.71 bits per heavy atom. The summed E-state index contributed by atoms with van der Waals surface area (Å²) in [6.07, 6.45) is 1.98. The Hall–Kier alpha value is -2.01. The van der Waals surface area contributed by atoms with E-state index in [1.807, 2.05) is 12.1 Å². The fraction of sp³-hybridized carbons (Fsp3) is 0.250. The van der Waals surface area contributed by atoms with Gasteiger partial charge >= 0.3 is 0 Å². The fourth-order valence-electron chi connectivity index (χ4n) is 2.06. The minimum atomic E-state index is -3.61. The van der Waals surface area contributed by atoms with E-state index in [9.17, 15) is 8.42 Å². The van der Waals surface area contributed by atoms with Crippen LogP contribution in [-0.4, -0.2) is 15.5 Å². The maximum Gasteiger partial charge on any atom is 0.262 e. The number of para-hydroxylation sites is 2. The predicted octanol–water partition coefficient (Wildman–Crippen LogP) is 3.45. The second-order valence-electron chi connectivity index (χ2n) is 4.70. The second-order valence-corrected chi connectivity index (χ2v) is 6.38. The Morgan fingerprint density at radius 3 is 2.33 bits per heavy atom. The number of hydrogen-bond acceptors (Lipinski definition) is 3. The summed E-state index contributed by atoms with van der Waals surface area (Å²) < 4.78 is 32.4. The third kappa shape index (κ3) is 3.76. The van der Waals surface area contributed by atoms with Crippen molar-refractivity contribution in [3.63, 3.8) is 0 Å². The highest BCUT2D eigenvalue weighted by Gasteiger charge is 2.16.